The Hall–Kier alpha value is -1.37. The van der Waals surface area contributed by atoms with Crippen molar-refractivity contribution in [3.63, 3.8) is 0 Å². The number of hydrogen-bond acceptors (Lipinski definition) is 4. The van der Waals surface area contributed by atoms with Crippen LogP contribution in [0.4, 0.5) is 0 Å². The van der Waals surface area contributed by atoms with Gasteiger partial charge < -0.3 is 10.2 Å². The molecule has 0 spiro atoms. The van der Waals surface area contributed by atoms with E-state index in [1.807, 2.05) is 36.1 Å². The zero-order chi connectivity index (χ0) is 15.6. The minimum atomic E-state index is -0.579. The molecule has 1 fully saturated rings. The predicted octanol–water partition coefficient (Wildman–Crippen LogP) is 2.34. The zero-order valence-electron chi connectivity index (χ0n) is 12.5. The lowest BCUT2D eigenvalue weighted by Gasteiger charge is -2.39. The molecule has 5 nitrogen and oxygen atoms in total. The van der Waals surface area contributed by atoms with Crippen LogP contribution in [0.25, 0.3) is 0 Å². The van der Waals surface area contributed by atoms with E-state index in [0.717, 1.165) is 35.1 Å². The molecule has 118 valence electrons. The van der Waals surface area contributed by atoms with Crippen LogP contribution in [0.1, 0.15) is 17.7 Å². The molecule has 0 atom stereocenters. The molecule has 1 amide bonds. The van der Waals surface area contributed by atoms with E-state index in [1.54, 1.807) is 11.1 Å². The fourth-order valence-electron chi connectivity index (χ4n) is 3.00. The molecule has 1 aliphatic heterocycles. The van der Waals surface area contributed by atoms with Crippen LogP contribution in [-0.2, 0) is 16.9 Å². The molecule has 7 heteroatoms. The van der Waals surface area contributed by atoms with Gasteiger partial charge in [-0.2, -0.15) is 5.10 Å². The van der Waals surface area contributed by atoms with Gasteiger partial charge in [-0.1, -0.05) is 11.6 Å². The number of aromatic nitrogens is 2. The van der Waals surface area contributed by atoms with Crippen LogP contribution >= 0.6 is 22.9 Å². The molecule has 1 saturated heterocycles. The Morgan fingerprint density at radius 1 is 1.50 bits per heavy atom. The molecule has 1 aliphatic rings. The summed E-state index contributed by atoms with van der Waals surface area (Å²) in [5, 5.41) is 7.67. The lowest BCUT2D eigenvalue weighted by molar-refractivity contribution is -0.142. The lowest BCUT2D eigenvalue weighted by Crippen LogP contribution is -2.54. The first-order valence-electron chi connectivity index (χ1n) is 7.32. The normalized spacial score (nSPS) is 17.4. The molecule has 3 heterocycles. The monoisotopic (exact) mass is 338 g/mol. The molecule has 0 aliphatic carbocycles. The second-order valence-electron chi connectivity index (χ2n) is 5.60. The first-order valence-corrected chi connectivity index (χ1v) is 8.52. The van der Waals surface area contributed by atoms with Crippen LogP contribution < -0.4 is 5.32 Å². The quantitative estimate of drug-likeness (QED) is 0.931. The highest BCUT2D eigenvalue weighted by atomic mass is 35.5. The maximum Gasteiger partial charge on any atom is 0.250 e. The van der Waals surface area contributed by atoms with Gasteiger partial charge >= 0.3 is 0 Å². The van der Waals surface area contributed by atoms with Crippen molar-refractivity contribution in [3.05, 3.63) is 39.8 Å². The van der Waals surface area contributed by atoms with Gasteiger partial charge in [0.2, 0.25) is 0 Å². The van der Waals surface area contributed by atoms with Crippen molar-refractivity contribution in [2.45, 2.75) is 24.9 Å². The second-order valence-corrected chi connectivity index (χ2v) is 7.40. The molecule has 1 N–H and O–H groups in total. The topological polar surface area (TPSA) is 50.2 Å². The van der Waals surface area contributed by atoms with Gasteiger partial charge in [0.15, 0.2) is 0 Å². The smallest absolute Gasteiger partial charge is 0.250 e. The summed E-state index contributed by atoms with van der Waals surface area (Å²) in [5.74, 6) is 0.113. The summed E-state index contributed by atoms with van der Waals surface area (Å²) in [6.07, 6.45) is 5.13. The number of nitrogens with one attached hydrogen (secondary N) is 1. The highest BCUT2D eigenvalue weighted by molar-refractivity contribution is 7.16. The van der Waals surface area contributed by atoms with E-state index >= 15 is 0 Å². The van der Waals surface area contributed by atoms with E-state index in [9.17, 15) is 4.79 Å². The first-order chi connectivity index (χ1) is 10.6. The third kappa shape index (κ3) is 2.91. The van der Waals surface area contributed by atoms with Crippen molar-refractivity contribution in [2.24, 2.45) is 0 Å². The number of thiophene rings is 1. The summed E-state index contributed by atoms with van der Waals surface area (Å²) in [5.41, 5.74) is -0.579. The van der Waals surface area contributed by atoms with Gasteiger partial charge in [-0.3, -0.25) is 9.48 Å². The third-order valence-corrected chi connectivity index (χ3v) is 5.36. The van der Waals surface area contributed by atoms with Crippen LogP contribution in [0.15, 0.2) is 30.6 Å². The molecular formula is C15H19ClN4OS. The zero-order valence-corrected chi connectivity index (χ0v) is 14.0. The Labute approximate surface area is 138 Å². The van der Waals surface area contributed by atoms with Gasteiger partial charge in [0.05, 0.1) is 10.9 Å². The van der Waals surface area contributed by atoms with E-state index in [0.29, 0.717) is 6.54 Å². The van der Waals surface area contributed by atoms with Crippen molar-refractivity contribution >= 4 is 28.8 Å². The summed E-state index contributed by atoms with van der Waals surface area (Å²) >= 11 is 7.49. The molecule has 22 heavy (non-hydrogen) atoms. The fraction of sp³-hybridized carbons (Fsp3) is 0.467. The molecular weight excluding hydrogens is 320 g/mol. The van der Waals surface area contributed by atoms with Crippen molar-refractivity contribution in [2.75, 3.05) is 20.1 Å². The number of piperidine rings is 1. The standard InChI is InChI=1S/C15H19ClN4OS/c1-19(11-12-3-4-13(16)22-12)14(21)15(5-8-17-9-6-15)20-10-2-7-18-20/h2-4,7,10,17H,5-6,8-9,11H2,1H3. The largest absolute Gasteiger partial charge is 0.339 e. The van der Waals surface area contributed by atoms with Crippen LogP contribution in [0, 0.1) is 0 Å². The van der Waals surface area contributed by atoms with Gasteiger partial charge in [-0.25, -0.2) is 0 Å². The molecule has 0 unspecified atom stereocenters. The molecule has 0 saturated carbocycles. The number of likely N-dealkylation sites (N-methyl/N-ethyl adjacent to an activating group) is 1. The second kappa shape index (κ2) is 6.40. The molecule has 3 rings (SSSR count). The van der Waals surface area contributed by atoms with Crippen molar-refractivity contribution in [3.8, 4) is 0 Å². The van der Waals surface area contributed by atoms with Crippen molar-refractivity contribution in [1.82, 2.24) is 20.0 Å². The summed E-state index contributed by atoms with van der Waals surface area (Å²) < 4.78 is 2.58. The summed E-state index contributed by atoms with van der Waals surface area (Å²) in [6, 6.07) is 5.71. The Morgan fingerprint density at radius 2 is 2.27 bits per heavy atom. The minimum Gasteiger partial charge on any atom is -0.339 e. The molecule has 0 bridgehead atoms. The van der Waals surface area contributed by atoms with E-state index in [-0.39, 0.29) is 5.91 Å². The number of carbonyl (C=O) groups is 1. The average Bonchev–Trinajstić information content (AvgIpc) is 3.19. The van der Waals surface area contributed by atoms with Crippen LogP contribution in [-0.4, -0.2) is 40.7 Å². The first kappa shape index (κ1) is 15.5. The van der Waals surface area contributed by atoms with Crippen LogP contribution in [0.5, 0.6) is 0 Å². The number of carbonyl (C=O) groups excluding carboxylic acids is 1. The van der Waals surface area contributed by atoms with Crippen LogP contribution in [0.3, 0.4) is 0 Å². The summed E-state index contributed by atoms with van der Waals surface area (Å²) in [6.45, 7) is 2.22. The maximum absolute atomic E-state index is 13.1. The van der Waals surface area contributed by atoms with E-state index in [4.69, 9.17) is 11.6 Å². The summed E-state index contributed by atoms with van der Waals surface area (Å²) in [7, 11) is 1.85. The van der Waals surface area contributed by atoms with Gasteiger partial charge in [0, 0.05) is 24.3 Å². The van der Waals surface area contributed by atoms with Gasteiger partial charge in [0.25, 0.3) is 5.91 Å². The molecule has 2 aromatic heterocycles. The molecule has 0 radical (unpaired) electrons. The number of nitrogens with zero attached hydrogens (tertiary/aromatic N) is 3. The van der Waals surface area contributed by atoms with Gasteiger partial charge in [-0.05, 0) is 44.1 Å². The number of amides is 1. The van der Waals surface area contributed by atoms with E-state index in [1.165, 1.54) is 11.3 Å². The molecule has 2 aromatic rings. The van der Waals surface area contributed by atoms with Gasteiger partial charge in [0.1, 0.15) is 5.54 Å². The Balaban J connectivity index is 1.83. The Morgan fingerprint density at radius 3 is 2.86 bits per heavy atom. The van der Waals surface area contributed by atoms with E-state index in [2.05, 4.69) is 10.4 Å². The fourth-order valence-corrected chi connectivity index (χ4v) is 4.14. The predicted molar refractivity (Wildman–Crippen MR) is 88.1 cm³/mol. The maximum atomic E-state index is 13.1. The Kier molecular flexibility index (Phi) is 4.52. The highest BCUT2D eigenvalue weighted by Gasteiger charge is 2.43. The van der Waals surface area contributed by atoms with Gasteiger partial charge in [-0.15, -0.1) is 11.3 Å². The SMILES string of the molecule is CN(Cc1ccc(Cl)s1)C(=O)C1(n2cccn2)CCNCC1. The minimum absolute atomic E-state index is 0.113. The number of hydrogen-bond donors (Lipinski definition) is 1. The highest BCUT2D eigenvalue weighted by Crippen LogP contribution is 2.30. The van der Waals surface area contributed by atoms with Crippen LogP contribution in [0.2, 0.25) is 4.34 Å². The summed E-state index contributed by atoms with van der Waals surface area (Å²) in [4.78, 5) is 16.0. The van der Waals surface area contributed by atoms with E-state index < -0.39 is 5.54 Å². The Bertz CT molecular complexity index is 634. The molecule has 0 aromatic carbocycles. The third-order valence-electron chi connectivity index (χ3n) is 4.14. The van der Waals surface area contributed by atoms with Crippen molar-refractivity contribution < 1.29 is 4.79 Å². The average molecular weight is 339 g/mol. The van der Waals surface area contributed by atoms with Crippen molar-refractivity contribution in [1.29, 1.82) is 0 Å². The number of halogens is 1. The number of rotatable bonds is 4. The lowest BCUT2D eigenvalue weighted by atomic mass is 9.87.